The van der Waals surface area contributed by atoms with Crippen LogP contribution in [0.5, 0.6) is 0 Å². The van der Waals surface area contributed by atoms with Crippen molar-refractivity contribution in [3.05, 3.63) is 24.3 Å². The molecule has 1 fully saturated rings. The van der Waals surface area contributed by atoms with Crippen LogP contribution in [0.25, 0.3) is 0 Å². The second-order valence-electron chi connectivity index (χ2n) is 8.73. The minimum Gasteiger partial charge on any atom is -0.378 e. The molecule has 11 nitrogen and oxygen atoms in total. The third-order valence-corrected chi connectivity index (χ3v) is 5.13. The van der Waals surface area contributed by atoms with E-state index in [2.05, 4.69) is 51.6 Å². The maximum atomic E-state index is 12.4. The summed E-state index contributed by atoms with van der Waals surface area (Å²) >= 11 is 0. The number of ether oxygens (including phenoxy) is 2. The van der Waals surface area contributed by atoms with Crippen LogP contribution in [0.2, 0.25) is 0 Å². The average Bonchev–Trinajstić information content (AvgIpc) is 2.84. The maximum absolute atomic E-state index is 12.4. The molecule has 12 heteroatoms. The lowest BCUT2D eigenvalue weighted by Gasteiger charge is -2.32. The molecule has 35 heavy (non-hydrogen) atoms. The zero-order chi connectivity index (χ0) is 25.0. The van der Waals surface area contributed by atoms with Crippen molar-refractivity contribution in [3.63, 3.8) is 0 Å². The van der Waals surface area contributed by atoms with Crippen molar-refractivity contribution in [3.8, 4) is 0 Å². The summed E-state index contributed by atoms with van der Waals surface area (Å²) in [7, 11) is 0. The normalized spacial score (nSPS) is 15.9. The third-order valence-electron chi connectivity index (χ3n) is 5.13. The van der Waals surface area contributed by atoms with Crippen LogP contribution in [0, 0.1) is 11.3 Å². The molecule has 3 rings (SSSR count). The van der Waals surface area contributed by atoms with Crippen LogP contribution in [0.1, 0.15) is 26.5 Å². The Morgan fingerprint density at radius 2 is 2.17 bits per heavy atom. The van der Waals surface area contributed by atoms with Gasteiger partial charge in [0.2, 0.25) is 5.95 Å². The highest BCUT2D eigenvalue weighted by Gasteiger charge is 2.24. The summed E-state index contributed by atoms with van der Waals surface area (Å²) in [4.78, 5) is 19.9. The Kier molecular flexibility index (Phi) is 10.5. The summed E-state index contributed by atoms with van der Waals surface area (Å²) in [6.45, 7) is 9.39. The van der Waals surface area contributed by atoms with E-state index < -0.39 is 6.67 Å². The van der Waals surface area contributed by atoms with Gasteiger partial charge in [0.05, 0.1) is 25.5 Å². The lowest BCUT2D eigenvalue weighted by Crippen LogP contribution is -2.50. The Hall–Kier alpha value is -2.96. The second kappa shape index (κ2) is 13.8. The summed E-state index contributed by atoms with van der Waals surface area (Å²) in [6, 6.07) is 2.02. The molecule has 1 atom stereocenters. The van der Waals surface area contributed by atoms with Crippen molar-refractivity contribution in [2.45, 2.75) is 26.8 Å². The van der Waals surface area contributed by atoms with Gasteiger partial charge in [0, 0.05) is 45.0 Å². The quantitative estimate of drug-likeness (QED) is 0.231. The number of nitrogens with zero attached hydrogens (tertiary/aromatic N) is 5. The van der Waals surface area contributed by atoms with Crippen LogP contribution in [-0.2, 0) is 9.47 Å². The van der Waals surface area contributed by atoms with Gasteiger partial charge in [-0.3, -0.25) is 0 Å². The molecule has 0 aromatic carbocycles. The number of anilines is 4. The van der Waals surface area contributed by atoms with Crippen LogP contribution < -0.4 is 20.9 Å². The molecule has 4 N–H and O–H groups in total. The molecule has 1 aliphatic rings. The summed E-state index contributed by atoms with van der Waals surface area (Å²) in [5.74, 6) is 1.92. The van der Waals surface area contributed by atoms with E-state index in [4.69, 9.17) is 24.9 Å². The van der Waals surface area contributed by atoms with Gasteiger partial charge >= 0.3 is 0 Å². The van der Waals surface area contributed by atoms with Crippen LogP contribution in [-0.4, -0.2) is 91.0 Å². The number of aromatic nitrogens is 4. The Morgan fingerprint density at radius 1 is 1.31 bits per heavy atom. The Balaban J connectivity index is 1.96. The summed E-state index contributed by atoms with van der Waals surface area (Å²) in [5, 5.41) is 18.7. The SMILES string of the molecule is CC(C)COCC(=N)c1nc(N2CCNC(C)C2)nc(Nc2ccncn2)c1NCCOCCF. The molecule has 0 aliphatic carbocycles. The molecule has 0 spiro atoms. The summed E-state index contributed by atoms with van der Waals surface area (Å²) in [5.41, 5.74) is 1.21. The number of halogens is 1. The molecule has 1 aliphatic heterocycles. The van der Waals surface area contributed by atoms with Crippen molar-refractivity contribution in [2.24, 2.45) is 5.92 Å². The van der Waals surface area contributed by atoms with Crippen molar-refractivity contribution in [2.75, 3.05) is 74.8 Å². The Bertz CT molecular complexity index is 933. The van der Waals surface area contributed by atoms with E-state index in [-0.39, 0.29) is 25.0 Å². The lowest BCUT2D eigenvalue weighted by atomic mass is 10.2. The lowest BCUT2D eigenvalue weighted by molar-refractivity contribution is 0.128. The fourth-order valence-electron chi connectivity index (χ4n) is 3.54. The number of nitrogens with one attached hydrogen (secondary N) is 4. The second-order valence-corrected chi connectivity index (χ2v) is 8.73. The molecule has 0 bridgehead atoms. The van der Waals surface area contributed by atoms with Gasteiger partial charge in [-0.05, 0) is 18.9 Å². The Morgan fingerprint density at radius 3 is 2.89 bits per heavy atom. The van der Waals surface area contributed by atoms with Crippen molar-refractivity contribution >= 4 is 29.0 Å². The largest absolute Gasteiger partial charge is 0.378 e. The van der Waals surface area contributed by atoms with Gasteiger partial charge in [-0.1, -0.05) is 13.8 Å². The minimum atomic E-state index is -0.537. The topological polar surface area (TPSA) is 133 Å². The smallest absolute Gasteiger partial charge is 0.228 e. The summed E-state index contributed by atoms with van der Waals surface area (Å²) in [6.07, 6.45) is 3.08. The van der Waals surface area contributed by atoms with E-state index in [0.717, 1.165) is 19.6 Å². The van der Waals surface area contributed by atoms with Crippen LogP contribution in [0.3, 0.4) is 0 Å². The average molecular weight is 490 g/mol. The Labute approximate surface area is 205 Å². The number of rotatable bonds is 14. The van der Waals surface area contributed by atoms with E-state index in [1.165, 1.54) is 6.33 Å². The zero-order valence-electron chi connectivity index (χ0n) is 20.7. The minimum absolute atomic E-state index is 0.0378. The van der Waals surface area contributed by atoms with Gasteiger partial charge < -0.3 is 35.7 Å². The van der Waals surface area contributed by atoms with Gasteiger partial charge in [-0.2, -0.15) is 4.98 Å². The monoisotopic (exact) mass is 489 g/mol. The molecule has 2 aromatic heterocycles. The molecular formula is C23H36FN9O2. The summed E-state index contributed by atoms with van der Waals surface area (Å²) < 4.78 is 23.4. The van der Waals surface area contributed by atoms with Crippen LogP contribution >= 0.6 is 0 Å². The van der Waals surface area contributed by atoms with Crippen molar-refractivity contribution < 1.29 is 13.9 Å². The van der Waals surface area contributed by atoms with Gasteiger partial charge in [-0.15, -0.1) is 0 Å². The molecule has 0 saturated carbocycles. The zero-order valence-corrected chi connectivity index (χ0v) is 20.7. The van der Waals surface area contributed by atoms with E-state index in [0.29, 0.717) is 54.6 Å². The molecule has 0 radical (unpaired) electrons. The number of hydrogen-bond acceptors (Lipinski definition) is 11. The number of alkyl halides is 1. The van der Waals surface area contributed by atoms with Gasteiger partial charge in [0.1, 0.15) is 30.2 Å². The molecule has 1 saturated heterocycles. The molecular weight excluding hydrogens is 453 g/mol. The van der Waals surface area contributed by atoms with Gasteiger partial charge in [0.15, 0.2) is 5.82 Å². The standard InChI is InChI=1S/C23H36FN9O2/c1-16(2)13-35-14-18(25)20-21(28-8-11-34-10-5-24)22(30-19-4-6-26-15-29-19)32-23(31-20)33-9-7-27-17(3)12-33/h4,6,15-17,25,27-28H,5,7-14H2,1-3H3,(H,26,29,30,31,32). The van der Waals surface area contributed by atoms with E-state index >= 15 is 0 Å². The first-order chi connectivity index (χ1) is 17.0. The van der Waals surface area contributed by atoms with Crippen LogP contribution in [0.4, 0.5) is 27.7 Å². The van der Waals surface area contributed by atoms with Gasteiger partial charge in [0.25, 0.3) is 0 Å². The molecule has 192 valence electrons. The highest BCUT2D eigenvalue weighted by molar-refractivity contribution is 6.04. The van der Waals surface area contributed by atoms with Crippen LogP contribution in [0.15, 0.2) is 18.6 Å². The highest BCUT2D eigenvalue weighted by atomic mass is 19.1. The fraction of sp³-hybridized carbons (Fsp3) is 0.609. The predicted molar refractivity (Wildman–Crippen MR) is 135 cm³/mol. The highest BCUT2D eigenvalue weighted by Crippen LogP contribution is 2.29. The predicted octanol–water partition coefficient (Wildman–Crippen LogP) is 2.25. The first kappa shape index (κ1) is 26.6. The third kappa shape index (κ3) is 8.34. The molecule has 2 aromatic rings. The number of piperazine rings is 1. The first-order valence-electron chi connectivity index (χ1n) is 11.9. The maximum Gasteiger partial charge on any atom is 0.228 e. The number of hydrogen-bond donors (Lipinski definition) is 4. The van der Waals surface area contributed by atoms with E-state index in [9.17, 15) is 4.39 Å². The van der Waals surface area contributed by atoms with Crippen molar-refractivity contribution in [1.29, 1.82) is 5.41 Å². The molecule has 0 amide bonds. The van der Waals surface area contributed by atoms with Gasteiger partial charge in [-0.25, -0.2) is 19.3 Å². The fourth-order valence-corrected chi connectivity index (χ4v) is 3.54. The molecule has 3 heterocycles. The van der Waals surface area contributed by atoms with E-state index in [1.54, 1.807) is 12.3 Å². The van der Waals surface area contributed by atoms with E-state index in [1.807, 2.05) is 0 Å². The molecule has 1 unspecified atom stereocenters. The first-order valence-corrected chi connectivity index (χ1v) is 11.9. The van der Waals surface area contributed by atoms with Crippen molar-refractivity contribution in [1.82, 2.24) is 25.3 Å².